The lowest BCUT2D eigenvalue weighted by Gasteiger charge is -2.16. The van der Waals surface area contributed by atoms with Crippen molar-refractivity contribution in [1.29, 1.82) is 0 Å². The van der Waals surface area contributed by atoms with Gasteiger partial charge in [0.05, 0.1) is 5.92 Å². The summed E-state index contributed by atoms with van der Waals surface area (Å²) in [4.78, 5) is 26.2. The first-order valence-corrected chi connectivity index (χ1v) is 8.83. The van der Waals surface area contributed by atoms with Gasteiger partial charge in [-0.1, -0.05) is 54.1 Å². The number of hydrogen-bond acceptors (Lipinski definition) is 2. The van der Waals surface area contributed by atoms with Crippen LogP contribution in [0.1, 0.15) is 17.5 Å². The van der Waals surface area contributed by atoms with Gasteiger partial charge in [0, 0.05) is 31.1 Å². The average molecular weight is 357 g/mol. The fourth-order valence-corrected chi connectivity index (χ4v) is 3.16. The molecular formula is C20H21ClN2O2. The van der Waals surface area contributed by atoms with E-state index in [0.29, 0.717) is 24.7 Å². The molecule has 1 heterocycles. The van der Waals surface area contributed by atoms with Gasteiger partial charge >= 0.3 is 0 Å². The van der Waals surface area contributed by atoms with E-state index in [1.165, 1.54) is 5.56 Å². The maximum atomic E-state index is 12.3. The van der Waals surface area contributed by atoms with Gasteiger partial charge in [0.25, 0.3) is 0 Å². The van der Waals surface area contributed by atoms with Gasteiger partial charge in [-0.3, -0.25) is 9.59 Å². The van der Waals surface area contributed by atoms with Crippen molar-refractivity contribution < 1.29 is 9.59 Å². The van der Waals surface area contributed by atoms with Crippen LogP contribution in [0.4, 0.5) is 0 Å². The van der Waals surface area contributed by atoms with Crippen LogP contribution >= 0.6 is 11.6 Å². The number of likely N-dealkylation sites (tertiary alicyclic amines) is 1. The summed E-state index contributed by atoms with van der Waals surface area (Å²) in [5.41, 5.74) is 2.21. The Balaban J connectivity index is 1.47. The monoisotopic (exact) mass is 356 g/mol. The molecule has 1 aliphatic rings. The van der Waals surface area contributed by atoms with Gasteiger partial charge in [-0.15, -0.1) is 0 Å². The van der Waals surface area contributed by atoms with Gasteiger partial charge in [0.1, 0.15) is 0 Å². The van der Waals surface area contributed by atoms with E-state index in [1.54, 1.807) is 4.90 Å². The Labute approximate surface area is 152 Å². The summed E-state index contributed by atoms with van der Waals surface area (Å²) in [7, 11) is 0. The standard InChI is InChI=1S/C20H21ClN2O2/c21-18-8-6-16(7-9-18)13-23-14-17(12-19(23)24)20(25)22-11-10-15-4-2-1-3-5-15/h1-9,17H,10-14H2,(H,22,25). The smallest absolute Gasteiger partial charge is 0.225 e. The van der Waals surface area contributed by atoms with E-state index in [1.807, 2.05) is 54.6 Å². The van der Waals surface area contributed by atoms with Crippen LogP contribution < -0.4 is 5.32 Å². The minimum atomic E-state index is -0.268. The van der Waals surface area contributed by atoms with E-state index in [9.17, 15) is 9.59 Å². The van der Waals surface area contributed by atoms with Crippen LogP contribution in [0, 0.1) is 5.92 Å². The van der Waals surface area contributed by atoms with Crippen molar-refractivity contribution in [3.63, 3.8) is 0 Å². The van der Waals surface area contributed by atoms with Crippen molar-refractivity contribution in [2.75, 3.05) is 13.1 Å². The van der Waals surface area contributed by atoms with E-state index in [2.05, 4.69) is 5.32 Å². The van der Waals surface area contributed by atoms with E-state index < -0.39 is 0 Å². The van der Waals surface area contributed by atoms with Crippen molar-refractivity contribution in [3.8, 4) is 0 Å². The molecule has 4 nitrogen and oxygen atoms in total. The van der Waals surface area contributed by atoms with Gasteiger partial charge in [0.15, 0.2) is 0 Å². The first-order chi connectivity index (χ1) is 12.1. The Bertz CT molecular complexity index is 731. The SMILES string of the molecule is O=C(NCCc1ccccc1)C1CC(=O)N(Cc2ccc(Cl)cc2)C1. The second kappa shape index (κ2) is 8.17. The Morgan fingerprint density at radius 3 is 2.52 bits per heavy atom. The van der Waals surface area contributed by atoms with Gasteiger partial charge in [-0.25, -0.2) is 0 Å². The zero-order valence-electron chi connectivity index (χ0n) is 14.0. The molecule has 3 rings (SSSR count). The molecule has 0 bridgehead atoms. The lowest BCUT2D eigenvalue weighted by molar-refractivity contribution is -0.129. The van der Waals surface area contributed by atoms with Crippen LogP contribution in [0.3, 0.4) is 0 Å². The molecule has 25 heavy (non-hydrogen) atoms. The molecule has 2 aromatic rings. The predicted octanol–water partition coefficient (Wildman–Crippen LogP) is 3.05. The lowest BCUT2D eigenvalue weighted by Crippen LogP contribution is -2.34. The number of halogens is 1. The van der Waals surface area contributed by atoms with Gasteiger partial charge in [-0.05, 0) is 29.7 Å². The number of carbonyl (C=O) groups is 2. The molecule has 1 unspecified atom stereocenters. The normalized spacial score (nSPS) is 16.9. The first-order valence-electron chi connectivity index (χ1n) is 8.45. The van der Waals surface area contributed by atoms with Crippen LogP contribution in [0.2, 0.25) is 5.02 Å². The second-order valence-electron chi connectivity index (χ2n) is 6.33. The molecule has 1 aliphatic heterocycles. The molecule has 5 heteroatoms. The van der Waals surface area contributed by atoms with Crippen molar-refractivity contribution in [3.05, 3.63) is 70.7 Å². The topological polar surface area (TPSA) is 49.4 Å². The molecule has 0 aromatic heterocycles. The largest absolute Gasteiger partial charge is 0.355 e. The van der Waals surface area contributed by atoms with Gasteiger partial charge in [0.2, 0.25) is 11.8 Å². The number of rotatable bonds is 6. The second-order valence-corrected chi connectivity index (χ2v) is 6.76. The summed E-state index contributed by atoms with van der Waals surface area (Å²) in [5.74, 6) is -0.281. The molecule has 1 saturated heterocycles. The third-order valence-electron chi connectivity index (χ3n) is 4.43. The van der Waals surface area contributed by atoms with Crippen LogP contribution in [0.5, 0.6) is 0 Å². The third kappa shape index (κ3) is 4.83. The molecule has 0 aliphatic carbocycles. The van der Waals surface area contributed by atoms with Crippen LogP contribution in [-0.4, -0.2) is 29.8 Å². The predicted molar refractivity (Wildman–Crippen MR) is 98.1 cm³/mol. The fourth-order valence-electron chi connectivity index (χ4n) is 3.03. The summed E-state index contributed by atoms with van der Waals surface area (Å²) >= 11 is 5.88. The Morgan fingerprint density at radius 1 is 1.08 bits per heavy atom. The Morgan fingerprint density at radius 2 is 1.80 bits per heavy atom. The van der Waals surface area contributed by atoms with Gasteiger partial charge in [-0.2, -0.15) is 0 Å². The summed E-state index contributed by atoms with van der Waals surface area (Å²) in [5, 5.41) is 3.62. The van der Waals surface area contributed by atoms with Crippen LogP contribution in [-0.2, 0) is 22.6 Å². The molecule has 1 N–H and O–H groups in total. The zero-order chi connectivity index (χ0) is 17.6. The number of hydrogen-bond donors (Lipinski definition) is 1. The summed E-state index contributed by atoms with van der Waals surface area (Å²) in [6.45, 7) is 1.58. The zero-order valence-corrected chi connectivity index (χ0v) is 14.7. The van der Waals surface area contributed by atoms with Crippen molar-refractivity contribution in [2.45, 2.75) is 19.4 Å². The van der Waals surface area contributed by atoms with Crippen LogP contribution in [0.15, 0.2) is 54.6 Å². The number of amides is 2. The molecule has 2 aromatic carbocycles. The number of carbonyl (C=O) groups excluding carboxylic acids is 2. The van der Waals surface area contributed by atoms with E-state index in [-0.39, 0.29) is 24.2 Å². The van der Waals surface area contributed by atoms with E-state index in [4.69, 9.17) is 11.6 Å². The number of benzene rings is 2. The minimum Gasteiger partial charge on any atom is -0.355 e. The quantitative estimate of drug-likeness (QED) is 0.864. The Kier molecular flexibility index (Phi) is 5.71. The molecule has 1 atom stereocenters. The average Bonchev–Trinajstić information content (AvgIpc) is 2.99. The number of nitrogens with zero attached hydrogens (tertiary/aromatic N) is 1. The molecule has 0 spiro atoms. The highest BCUT2D eigenvalue weighted by Gasteiger charge is 2.33. The molecule has 0 saturated carbocycles. The first kappa shape index (κ1) is 17.5. The van der Waals surface area contributed by atoms with E-state index in [0.717, 1.165) is 12.0 Å². The highest BCUT2D eigenvalue weighted by Crippen LogP contribution is 2.21. The highest BCUT2D eigenvalue weighted by atomic mass is 35.5. The maximum Gasteiger partial charge on any atom is 0.225 e. The van der Waals surface area contributed by atoms with Crippen molar-refractivity contribution >= 4 is 23.4 Å². The molecule has 1 fully saturated rings. The summed E-state index contributed by atoms with van der Waals surface area (Å²) in [6, 6.07) is 17.5. The maximum absolute atomic E-state index is 12.3. The molecule has 2 amide bonds. The van der Waals surface area contributed by atoms with Crippen molar-refractivity contribution in [1.82, 2.24) is 10.2 Å². The summed E-state index contributed by atoms with van der Waals surface area (Å²) in [6.07, 6.45) is 1.08. The minimum absolute atomic E-state index is 0.0261. The molecule has 0 radical (unpaired) electrons. The fraction of sp³-hybridized carbons (Fsp3) is 0.300. The van der Waals surface area contributed by atoms with Crippen molar-refractivity contribution in [2.24, 2.45) is 5.92 Å². The third-order valence-corrected chi connectivity index (χ3v) is 4.68. The summed E-state index contributed by atoms with van der Waals surface area (Å²) < 4.78 is 0. The van der Waals surface area contributed by atoms with Crippen LogP contribution in [0.25, 0.3) is 0 Å². The number of nitrogens with one attached hydrogen (secondary N) is 1. The molecular weight excluding hydrogens is 336 g/mol. The highest BCUT2D eigenvalue weighted by molar-refractivity contribution is 6.30. The lowest BCUT2D eigenvalue weighted by atomic mass is 10.1. The molecule has 130 valence electrons. The Hall–Kier alpha value is -2.33. The van der Waals surface area contributed by atoms with E-state index >= 15 is 0 Å². The van der Waals surface area contributed by atoms with Gasteiger partial charge < -0.3 is 10.2 Å².